The Morgan fingerprint density at radius 2 is 2.04 bits per heavy atom. The van der Waals surface area contributed by atoms with Crippen molar-refractivity contribution in [2.24, 2.45) is 0 Å². The van der Waals surface area contributed by atoms with Crippen LogP contribution in [0, 0.1) is 0 Å². The van der Waals surface area contributed by atoms with Crippen molar-refractivity contribution in [3.8, 4) is 0 Å². The highest BCUT2D eigenvalue weighted by atomic mass is 32.2. The minimum Gasteiger partial charge on any atom is -0.373 e. The summed E-state index contributed by atoms with van der Waals surface area (Å²) in [6, 6.07) is 8.36. The fraction of sp³-hybridized carbons (Fsp3) is 0.474. The van der Waals surface area contributed by atoms with E-state index in [-0.39, 0.29) is 17.5 Å². The Kier molecular flexibility index (Phi) is 5.87. The number of rotatable bonds is 7. The second-order valence-corrected chi connectivity index (χ2v) is 9.32. The van der Waals surface area contributed by atoms with Crippen molar-refractivity contribution in [3.05, 3.63) is 42.0 Å². The molecule has 8 nitrogen and oxygen atoms in total. The number of hydroxylamine groups is 1. The van der Waals surface area contributed by atoms with Gasteiger partial charge in [0, 0.05) is 13.2 Å². The lowest BCUT2D eigenvalue weighted by Gasteiger charge is -2.49. The zero-order valence-electron chi connectivity index (χ0n) is 15.6. The Morgan fingerprint density at radius 1 is 1.36 bits per heavy atom. The number of methoxy groups -OCH3 is 1. The van der Waals surface area contributed by atoms with E-state index >= 15 is 0 Å². The van der Waals surface area contributed by atoms with Gasteiger partial charge < -0.3 is 9.64 Å². The van der Waals surface area contributed by atoms with Gasteiger partial charge in [0.2, 0.25) is 6.41 Å². The van der Waals surface area contributed by atoms with Crippen LogP contribution in [-0.4, -0.2) is 67.1 Å². The van der Waals surface area contributed by atoms with Crippen LogP contribution < -0.4 is 5.48 Å². The molecule has 0 saturated carbocycles. The van der Waals surface area contributed by atoms with E-state index in [0.717, 1.165) is 5.56 Å². The standard InChI is InChI=1S/C19H24N2O6S/c1-27-19(11-28(25,26)12-19)17(18(23)20-24)21(13-22)16-9-7-15(8-10-16)14-5-3-2-4-6-14/h2-7,13,16-17,24H,8-12H2,1H3,(H,20,23). The molecule has 1 aliphatic heterocycles. The molecule has 1 fully saturated rings. The third-order valence-corrected chi connectivity index (χ3v) is 7.42. The lowest BCUT2D eigenvalue weighted by molar-refractivity contribution is -0.155. The molecule has 2 unspecified atom stereocenters. The quantitative estimate of drug-likeness (QED) is 0.391. The maximum atomic E-state index is 12.4. The molecule has 2 N–H and O–H groups in total. The summed E-state index contributed by atoms with van der Waals surface area (Å²) >= 11 is 0. The van der Waals surface area contributed by atoms with Gasteiger partial charge in [-0.2, -0.15) is 0 Å². The van der Waals surface area contributed by atoms with Gasteiger partial charge in [0.1, 0.15) is 11.6 Å². The number of benzene rings is 1. The Bertz CT molecular complexity index is 856. The van der Waals surface area contributed by atoms with E-state index in [0.29, 0.717) is 25.7 Å². The molecular formula is C19H24N2O6S. The van der Waals surface area contributed by atoms with Gasteiger partial charge in [-0.25, -0.2) is 13.9 Å². The van der Waals surface area contributed by atoms with Crippen LogP contribution >= 0.6 is 0 Å². The largest absolute Gasteiger partial charge is 0.373 e. The number of carbonyl (C=O) groups excluding carboxylic acids is 2. The predicted molar refractivity (Wildman–Crippen MR) is 102 cm³/mol. The van der Waals surface area contributed by atoms with Crippen molar-refractivity contribution in [3.63, 3.8) is 0 Å². The molecule has 152 valence electrons. The molecule has 28 heavy (non-hydrogen) atoms. The molecule has 0 aromatic heterocycles. The van der Waals surface area contributed by atoms with E-state index in [1.165, 1.54) is 17.6 Å². The molecule has 0 spiro atoms. The number of carbonyl (C=O) groups is 2. The number of hydrogen-bond acceptors (Lipinski definition) is 6. The average Bonchev–Trinajstić information content (AvgIpc) is 2.70. The van der Waals surface area contributed by atoms with E-state index in [1.807, 2.05) is 36.4 Å². The lowest BCUT2D eigenvalue weighted by atomic mass is 9.87. The van der Waals surface area contributed by atoms with Crippen LogP contribution in [0.5, 0.6) is 0 Å². The molecule has 3 rings (SSSR count). The van der Waals surface area contributed by atoms with Gasteiger partial charge in [0.25, 0.3) is 5.91 Å². The number of allylic oxidation sites excluding steroid dienone is 1. The zero-order valence-corrected chi connectivity index (χ0v) is 16.4. The summed E-state index contributed by atoms with van der Waals surface area (Å²) in [6.45, 7) is 0. The minimum atomic E-state index is -3.35. The van der Waals surface area contributed by atoms with E-state index in [1.54, 1.807) is 5.48 Å². The molecule has 1 aliphatic carbocycles. The Labute approximate surface area is 164 Å². The SMILES string of the molecule is COC1(C(C(=O)NO)N(C=O)C2CC=C(c3ccccc3)CC2)CS(=O)(=O)C1. The van der Waals surface area contributed by atoms with E-state index in [4.69, 9.17) is 4.74 Å². The summed E-state index contributed by atoms with van der Waals surface area (Å²) in [6.07, 6.45) is 4.42. The molecule has 1 heterocycles. The van der Waals surface area contributed by atoms with Gasteiger partial charge in [0.15, 0.2) is 9.84 Å². The summed E-state index contributed by atoms with van der Waals surface area (Å²) in [5.41, 5.74) is 2.47. The maximum Gasteiger partial charge on any atom is 0.269 e. The summed E-state index contributed by atoms with van der Waals surface area (Å²) < 4.78 is 28.9. The van der Waals surface area contributed by atoms with Gasteiger partial charge in [-0.3, -0.25) is 14.8 Å². The fourth-order valence-corrected chi connectivity index (χ4v) is 6.12. The molecule has 1 aromatic rings. The molecule has 1 aromatic carbocycles. The topological polar surface area (TPSA) is 113 Å². The van der Waals surface area contributed by atoms with Gasteiger partial charge in [-0.15, -0.1) is 0 Å². The minimum absolute atomic E-state index is 0.303. The van der Waals surface area contributed by atoms with E-state index < -0.39 is 27.4 Å². The smallest absolute Gasteiger partial charge is 0.269 e. The highest BCUT2D eigenvalue weighted by Gasteiger charge is 2.59. The normalized spacial score (nSPS) is 23.6. The van der Waals surface area contributed by atoms with Gasteiger partial charge in [-0.05, 0) is 30.4 Å². The first-order valence-corrected chi connectivity index (χ1v) is 10.8. The van der Waals surface area contributed by atoms with Crippen molar-refractivity contribution < 1.29 is 28.0 Å². The zero-order chi connectivity index (χ0) is 20.4. The van der Waals surface area contributed by atoms with Crippen molar-refractivity contribution in [2.75, 3.05) is 18.6 Å². The van der Waals surface area contributed by atoms with Gasteiger partial charge in [-0.1, -0.05) is 36.4 Å². The number of nitrogens with zero attached hydrogens (tertiary/aromatic N) is 1. The van der Waals surface area contributed by atoms with Crippen LogP contribution in [0.15, 0.2) is 36.4 Å². The van der Waals surface area contributed by atoms with Crippen LogP contribution in [0.25, 0.3) is 5.57 Å². The van der Waals surface area contributed by atoms with Crippen LogP contribution in [0.3, 0.4) is 0 Å². The van der Waals surface area contributed by atoms with Crippen molar-refractivity contribution >= 4 is 27.7 Å². The lowest BCUT2D eigenvalue weighted by Crippen LogP contribution is -2.72. The number of amides is 2. The number of ether oxygens (including phenoxy) is 1. The summed E-state index contributed by atoms with van der Waals surface area (Å²) in [4.78, 5) is 25.6. The molecule has 2 amide bonds. The molecule has 0 bridgehead atoms. The third kappa shape index (κ3) is 3.82. The van der Waals surface area contributed by atoms with Crippen LogP contribution in [0.4, 0.5) is 0 Å². The summed E-state index contributed by atoms with van der Waals surface area (Å²) in [5, 5.41) is 9.19. The van der Waals surface area contributed by atoms with Gasteiger partial charge in [0.05, 0.1) is 11.5 Å². The Morgan fingerprint density at radius 3 is 2.50 bits per heavy atom. The molecule has 2 atom stereocenters. The molecule has 9 heteroatoms. The number of hydrogen-bond donors (Lipinski definition) is 2. The first kappa shape index (κ1) is 20.5. The second-order valence-electron chi connectivity index (χ2n) is 7.26. The first-order chi connectivity index (χ1) is 13.4. The van der Waals surface area contributed by atoms with E-state index in [9.17, 15) is 23.2 Å². The molecule has 0 radical (unpaired) electrons. The Hall–Kier alpha value is -2.23. The second kappa shape index (κ2) is 8.02. The summed E-state index contributed by atoms with van der Waals surface area (Å²) in [5.74, 6) is -1.62. The number of sulfone groups is 1. The predicted octanol–water partition coefficient (Wildman–Crippen LogP) is 0.769. The first-order valence-electron chi connectivity index (χ1n) is 9.02. The molecular weight excluding hydrogens is 384 g/mol. The average molecular weight is 408 g/mol. The Balaban J connectivity index is 1.85. The highest BCUT2D eigenvalue weighted by molar-refractivity contribution is 7.93. The van der Waals surface area contributed by atoms with Crippen molar-refractivity contribution in [1.82, 2.24) is 10.4 Å². The van der Waals surface area contributed by atoms with Crippen LogP contribution in [-0.2, 0) is 24.2 Å². The fourth-order valence-electron chi connectivity index (χ4n) is 4.16. The molecule has 1 saturated heterocycles. The monoisotopic (exact) mass is 408 g/mol. The molecule has 2 aliphatic rings. The van der Waals surface area contributed by atoms with Crippen LogP contribution in [0.1, 0.15) is 24.8 Å². The summed E-state index contributed by atoms with van der Waals surface area (Å²) in [7, 11) is -2.04. The van der Waals surface area contributed by atoms with Crippen LogP contribution in [0.2, 0.25) is 0 Å². The van der Waals surface area contributed by atoms with Gasteiger partial charge >= 0.3 is 0 Å². The van der Waals surface area contributed by atoms with Crippen molar-refractivity contribution in [2.45, 2.75) is 36.9 Å². The third-order valence-electron chi connectivity index (χ3n) is 5.56. The van der Waals surface area contributed by atoms with Crippen molar-refractivity contribution in [1.29, 1.82) is 0 Å². The highest BCUT2D eigenvalue weighted by Crippen LogP contribution is 2.37. The maximum absolute atomic E-state index is 12.4. The van der Waals surface area contributed by atoms with E-state index in [2.05, 4.69) is 0 Å². The number of nitrogens with one attached hydrogen (secondary N) is 1.